The predicted octanol–water partition coefficient (Wildman–Crippen LogP) is 2.71. The third-order valence-electron chi connectivity index (χ3n) is 2.59. The minimum Gasteiger partial charge on any atom is -0.492 e. The van der Waals surface area contributed by atoms with Gasteiger partial charge in [-0.25, -0.2) is 8.42 Å². The summed E-state index contributed by atoms with van der Waals surface area (Å²) in [5.74, 6) is 0.682. The molecule has 1 atom stereocenters. The molecular formula is C13H19BrO4S. The van der Waals surface area contributed by atoms with Crippen molar-refractivity contribution in [3.63, 3.8) is 0 Å². The average Bonchev–Trinajstić information content (AvgIpc) is 2.28. The van der Waals surface area contributed by atoms with E-state index in [1.54, 1.807) is 19.1 Å². The lowest BCUT2D eigenvalue weighted by Crippen LogP contribution is -2.17. The number of hydrogen-bond donors (Lipinski definition) is 1. The van der Waals surface area contributed by atoms with E-state index in [4.69, 9.17) is 4.74 Å². The fourth-order valence-corrected chi connectivity index (χ4v) is 3.17. The van der Waals surface area contributed by atoms with Gasteiger partial charge in [0.25, 0.3) is 0 Å². The summed E-state index contributed by atoms with van der Waals surface area (Å²) >= 11 is 3.32. The van der Waals surface area contributed by atoms with Gasteiger partial charge in [-0.2, -0.15) is 0 Å². The van der Waals surface area contributed by atoms with Gasteiger partial charge < -0.3 is 9.84 Å². The van der Waals surface area contributed by atoms with Crippen LogP contribution in [-0.4, -0.2) is 31.6 Å². The van der Waals surface area contributed by atoms with E-state index in [1.807, 2.05) is 13.0 Å². The molecule has 0 amide bonds. The summed E-state index contributed by atoms with van der Waals surface area (Å²) in [6.45, 7) is 3.57. The van der Waals surface area contributed by atoms with Gasteiger partial charge in [0.2, 0.25) is 0 Å². The highest BCUT2D eigenvalue weighted by atomic mass is 79.9. The third kappa shape index (κ3) is 5.50. The number of halogens is 1. The van der Waals surface area contributed by atoms with E-state index in [1.165, 1.54) is 0 Å². The van der Waals surface area contributed by atoms with Crippen LogP contribution in [0, 0.1) is 0 Å². The zero-order valence-corrected chi connectivity index (χ0v) is 13.5. The lowest BCUT2D eigenvalue weighted by molar-refractivity contribution is 0.192. The van der Waals surface area contributed by atoms with Crippen LogP contribution in [-0.2, 0) is 9.84 Å². The number of hydrogen-bond acceptors (Lipinski definition) is 4. The molecule has 0 aliphatic heterocycles. The smallest absolute Gasteiger partial charge is 0.153 e. The Morgan fingerprint density at radius 1 is 1.37 bits per heavy atom. The van der Waals surface area contributed by atoms with Crippen molar-refractivity contribution in [1.82, 2.24) is 0 Å². The highest BCUT2D eigenvalue weighted by Crippen LogP contribution is 2.28. The van der Waals surface area contributed by atoms with Crippen molar-refractivity contribution >= 4 is 25.8 Å². The zero-order valence-electron chi connectivity index (χ0n) is 11.1. The van der Waals surface area contributed by atoms with E-state index in [-0.39, 0.29) is 18.1 Å². The lowest BCUT2D eigenvalue weighted by atomic mass is 10.1. The van der Waals surface area contributed by atoms with Crippen LogP contribution in [0.25, 0.3) is 0 Å². The van der Waals surface area contributed by atoms with Crippen molar-refractivity contribution in [3.05, 3.63) is 28.2 Å². The fraction of sp³-hybridized carbons (Fsp3) is 0.538. The van der Waals surface area contributed by atoms with Gasteiger partial charge in [-0.1, -0.05) is 28.9 Å². The molecule has 1 aromatic rings. The quantitative estimate of drug-likeness (QED) is 0.820. The molecule has 0 radical (unpaired) electrons. The molecule has 1 rings (SSSR count). The Bertz CT molecular complexity index is 511. The SMILES string of the molecule is CCCS(=O)(=O)CCOc1cc(Br)ccc1C(C)O. The second-order valence-electron chi connectivity index (χ2n) is 4.36. The van der Waals surface area contributed by atoms with Gasteiger partial charge in [-0.15, -0.1) is 0 Å². The Labute approximate surface area is 122 Å². The summed E-state index contributed by atoms with van der Waals surface area (Å²) < 4.78 is 29.5. The Kier molecular flexibility index (Phi) is 6.29. The van der Waals surface area contributed by atoms with Crippen molar-refractivity contribution in [2.75, 3.05) is 18.1 Å². The summed E-state index contributed by atoms with van der Waals surface area (Å²) in [6, 6.07) is 5.29. The topological polar surface area (TPSA) is 63.6 Å². The summed E-state index contributed by atoms with van der Waals surface area (Å²) in [5, 5.41) is 9.63. The van der Waals surface area contributed by atoms with E-state index < -0.39 is 15.9 Å². The molecule has 1 aromatic carbocycles. The van der Waals surface area contributed by atoms with Gasteiger partial charge in [0.15, 0.2) is 9.84 Å². The fourth-order valence-electron chi connectivity index (χ4n) is 1.67. The van der Waals surface area contributed by atoms with Gasteiger partial charge >= 0.3 is 0 Å². The summed E-state index contributed by atoms with van der Waals surface area (Å²) in [4.78, 5) is 0. The summed E-state index contributed by atoms with van der Waals surface area (Å²) in [6.07, 6.45) is -0.0478. The first-order valence-electron chi connectivity index (χ1n) is 6.16. The average molecular weight is 351 g/mol. The van der Waals surface area contributed by atoms with Crippen LogP contribution < -0.4 is 4.74 Å². The van der Waals surface area contributed by atoms with Gasteiger partial charge in [-0.05, 0) is 25.5 Å². The number of rotatable bonds is 7. The molecule has 1 unspecified atom stereocenters. The zero-order chi connectivity index (χ0) is 14.5. The monoisotopic (exact) mass is 350 g/mol. The first kappa shape index (κ1) is 16.5. The molecule has 1 N–H and O–H groups in total. The van der Waals surface area contributed by atoms with Gasteiger partial charge in [-0.3, -0.25) is 0 Å². The van der Waals surface area contributed by atoms with Crippen molar-refractivity contribution in [2.24, 2.45) is 0 Å². The summed E-state index contributed by atoms with van der Waals surface area (Å²) in [5.41, 5.74) is 0.649. The highest BCUT2D eigenvalue weighted by molar-refractivity contribution is 9.10. The predicted molar refractivity (Wildman–Crippen MR) is 79.2 cm³/mol. The van der Waals surface area contributed by atoms with Crippen LogP contribution in [0.5, 0.6) is 5.75 Å². The van der Waals surface area contributed by atoms with E-state index >= 15 is 0 Å². The largest absolute Gasteiger partial charge is 0.492 e. The molecule has 6 heteroatoms. The van der Waals surface area contributed by atoms with Crippen LogP contribution in [0.1, 0.15) is 31.9 Å². The second kappa shape index (κ2) is 7.26. The highest BCUT2D eigenvalue weighted by Gasteiger charge is 2.13. The normalized spacial score (nSPS) is 13.3. The molecule has 108 valence electrons. The third-order valence-corrected chi connectivity index (χ3v) is 4.90. The molecule has 0 bridgehead atoms. The molecular weight excluding hydrogens is 332 g/mol. The minimum atomic E-state index is -3.04. The maximum absolute atomic E-state index is 11.6. The Balaban J connectivity index is 2.70. The van der Waals surface area contributed by atoms with Gasteiger partial charge in [0.05, 0.1) is 17.6 Å². The molecule has 0 aromatic heterocycles. The summed E-state index contributed by atoms with van der Waals surface area (Å²) in [7, 11) is -3.04. The Morgan fingerprint density at radius 2 is 2.05 bits per heavy atom. The molecule has 0 saturated carbocycles. The van der Waals surface area contributed by atoms with E-state index in [2.05, 4.69) is 15.9 Å². The number of aliphatic hydroxyl groups is 1. The van der Waals surface area contributed by atoms with E-state index in [0.717, 1.165) is 4.47 Å². The Morgan fingerprint density at radius 3 is 2.63 bits per heavy atom. The van der Waals surface area contributed by atoms with E-state index in [9.17, 15) is 13.5 Å². The molecule has 0 spiro atoms. The van der Waals surface area contributed by atoms with Crippen molar-refractivity contribution in [3.8, 4) is 5.75 Å². The van der Waals surface area contributed by atoms with Crippen LogP contribution >= 0.6 is 15.9 Å². The molecule has 0 fully saturated rings. The maximum Gasteiger partial charge on any atom is 0.153 e. The first-order chi connectivity index (χ1) is 8.85. The number of aliphatic hydroxyl groups excluding tert-OH is 1. The molecule has 0 saturated heterocycles. The maximum atomic E-state index is 11.6. The van der Waals surface area contributed by atoms with Crippen molar-refractivity contribution in [2.45, 2.75) is 26.4 Å². The lowest BCUT2D eigenvalue weighted by Gasteiger charge is -2.14. The van der Waals surface area contributed by atoms with Crippen LogP contribution in [0.2, 0.25) is 0 Å². The van der Waals surface area contributed by atoms with Crippen LogP contribution in [0.15, 0.2) is 22.7 Å². The molecule has 0 heterocycles. The second-order valence-corrected chi connectivity index (χ2v) is 7.58. The van der Waals surface area contributed by atoms with Crippen molar-refractivity contribution < 1.29 is 18.3 Å². The number of ether oxygens (including phenoxy) is 1. The Hall–Kier alpha value is -0.590. The molecule has 0 aliphatic carbocycles. The van der Waals surface area contributed by atoms with Crippen LogP contribution in [0.3, 0.4) is 0 Å². The standard InChI is InChI=1S/C13H19BrO4S/c1-3-7-19(16,17)8-6-18-13-9-11(14)4-5-12(13)10(2)15/h4-5,9-10,15H,3,6-8H2,1-2H3. The molecule has 19 heavy (non-hydrogen) atoms. The number of sulfone groups is 1. The molecule has 4 nitrogen and oxygen atoms in total. The number of benzene rings is 1. The minimum absolute atomic E-state index is 0.00734. The van der Waals surface area contributed by atoms with Crippen molar-refractivity contribution in [1.29, 1.82) is 0 Å². The van der Waals surface area contributed by atoms with E-state index in [0.29, 0.717) is 17.7 Å². The molecule has 0 aliphatic rings. The first-order valence-corrected chi connectivity index (χ1v) is 8.78. The van der Waals surface area contributed by atoms with Crippen LogP contribution in [0.4, 0.5) is 0 Å². The van der Waals surface area contributed by atoms with Gasteiger partial charge in [0.1, 0.15) is 12.4 Å². The van der Waals surface area contributed by atoms with Gasteiger partial charge in [0, 0.05) is 10.0 Å².